The van der Waals surface area contributed by atoms with E-state index in [-0.39, 0.29) is 36.8 Å². The Kier molecular flexibility index (Phi) is 4.32. The van der Waals surface area contributed by atoms with Crippen molar-refractivity contribution in [3.05, 3.63) is 0 Å². The Balaban J connectivity index is 2.45. The molecule has 1 aliphatic rings. The van der Waals surface area contributed by atoms with Gasteiger partial charge in [-0.25, -0.2) is 0 Å². The fourth-order valence-corrected chi connectivity index (χ4v) is 1.73. The first-order valence-corrected chi connectivity index (χ1v) is 5.95. The normalized spacial score (nSPS) is 19.2. The molecule has 0 aliphatic carbocycles. The minimum atomic E-state index is -0.531. The van der Waals surface area contributed by atoms with Crippen molar-refractivity contribution in [1.29, 1.82) is 0 Å². The van der Waals surface area contributed by atoms with Crippen molar-refractivity contribution in [2.75, 3.05) is 13.6 Å². The van der Waals surface area contributed by atoms with E-state index in [1.165, 1.54) is 11.9 Å². The first-order chi connectivity index (χ1) is 8.23. The lowest BCUT2D eigenvalue weighted by Crippen LogP contribution is -2.56. The van der Waals surface area contributed by atoms with E-state index >= 15 is 0 Å². The van der Waals surface area contributed by atoms with Gasteiger partial charge in [0.25, 0.3) is 0 Å². The lowest BCUT2D eigenvalue weighted by Gasteiger charge is -2.39. The number of hydrogen-bond donors (Lipinski definition) is 1. The van der Waals surface area contributed by atoms with Crippen molar-refractivity contribution in [2.45, 2.75) is 45.3 Å². The predicted octanol–water partition coefficient (Wildman–Crippen LogP) is 0.0651. The number of nitrogens with one attached hydrogen (secondary N) is 1. The molecule has 0 spiro atoms. The summed E-state index contributed by atoms with van der Waals surface area (Å²) in [5.74, 6) is -0.689. The van der Waals surface area contributed by atoms with E-state index in [2.05, 4.69) is 5.32 Å². The molecule has 1 fully saturated rings. The average Bonchev–Trinajstić information content (AvgIpc) is 2.22. The second-order valence-electron chi connectivity index (χ2n) is 5.34. The van der Waals surface area contributed by atoms with Crippen LogP contribution >= 0.6 is 0 Å². The van der Waals surface area contributed by atoms with Crippen molar-refractivity contribution < 1.29 is 19.1 Å². The topological polar surface area (TPSA) is 75.7 Å². The van der Waals surface area contributed by atoms with Gasteiger partial charge in [0, 0.05) is 13.5 Å². The van der Waals surface area contributed by atoms with Gasteiger partial charge in [-0.1, -0.05) is 0 Å². The Morgan fingerprint density at radius 3 is 2.50 bits per heavy atom. The molecular formula is C12H20N2O4. The molecule has 0 radical (unpaired) electrons. The van der Waals surface area contributed by atoms with Gasteiger partial charge in [-0.3, -0.25) is 14.4 Å². The van der Waals surface area contributed by atoms with Gasteiger partial charge in [-0.15, -0.1) is 0 Å². The smallest absolute Gasteiger partial charge is 0.308 e. The Hall–Kier alpha value is -1.59. The summed E-state index contributed by atoms with van der Waals surface area (Å²) in [6.45, 7) is 5.38. The fraction of sp³-hybridized carbons (Fsp3) is 0.750. The zero-order valence-electron chi connectivity index (χ0n) is 11.3. The number of carbonyl (C=O) groups excluding carboxylic acids is 3. The van der Waals surface area contributed by atoms with E-state index in [1.807, 2.05) is 0 Å². The first-order valence-electron chi connectivity index (χ1n) is 5.95. The molecular weight excluding hydrogens is 236 g/mol. The van der Waals surface area contributed by atoms with Gasteiger partial charge < -0.3 is 15.0 Å². The molecule has 18 heavy (non-hydrogen) atoms. The molecule has 1 unspecified atom stereocenters. The van der Waals surface area contributed by atoms with Crippen molar-refractivity contribution in [3.8, 4) is 0 Å². The maximum absolute atomic E-state index is 11.6. The Bertz CT molecular complexity index is 360. The lowest BCUT2D eigenvalue weighted by molar-refractivity contribution is -0.161. The van der Waals surface area contributed by atoms with Crippen molar-refractivity contribution in [1.82, 2.24) is 10.2 Å². The molecule has 6 nitrogen and oxygen atoms in total. The van der Waals surface area contributed by atoms with Crippen LogP contribution in [0.1, 0.15) is 33.6 Å². The molecule has 1 aliphatic heterocycles. The standard InChI is InChI=1S/C12H20N2O4/c1-12(2,3)18-11(17)6-8-5-10(16)14(8)7-9(15)13-4/h8H,5-7H2,1-4H3,(H,13,15). The maximum atomic E-state index is 11.6. The molecule has 6 heteroatoms. The van der Waals surface area contributed by atoms with Gasteiger partial charge in [-0.05, 0) is 20.8 Å². The van der Waals surface area contributed by atoms with Crippen LogP contribution in [0.3, 0.4) is 0 Å². The summed E-state index contributed by atoms with van der Waals surface area (Å²) in [7, 11) is 1.51. The molecule has 1 rings (SSSR count). The van der Waals surface area contributed by atoms with Crippen molar-refractivity contribution in [3.63, 3.8) is 0 Å². The number of likely N-dealkylation sites (tertiary alicyclic amines) is 1. The average molecular weight is 256 g/mol. The van der Waals surface area contributed by atoms with E-state index in [1.54, 1.807) is 20.8 Å². The fourth-order valence-electron chi connectivity index (χ4n) is 1.73. The largest absolute Gasteiger partial charge is 0.460 e. The summed E-state index contributed by atoms with van der Waals surface area (Å²) < 4.78 is 5.18. The van der Waals surface area contributed by atoms with Crippen LogP contribution in [0.5, 0.6) is 0 Å². The van der Waals surface area contributed by atoms with E-state index in [0.717, 1.165) is 0 Å². The molecule has 0 aromatic heterocycles. The zero-order valence-corrected chi connectivity index (χ0v) is 11.3. The van der Waals surface area contributed by atoms with Crippen molar-refractivity contribution in [2.24, 2.45) is 0 Å². The number of carbonyl (C=O) groups is 3. The summed E-state index contributed by atoms with van der Waals surface area (Å²) in [6, 6.07) is -0.218. The van der Waals surface area contributed by atoms with Gasteiger partial charge in [-0.2, -0.15) is 0 Å². The SMILES string of the molecule is CNC(=O)CN1C(=O)CC1CC(=O)OC(C)(C)C. The number of ether oxygens (including phenoxy) is 1. The highest BCUT2D eigenvalue weighted by Crippen LogP contribution is 2.23. The molecule has 0 bridgehead atoms. The zero-order chi connectivity index (χ0) is 13.9. The predicted molar refractivity (Wildman–Crippen MR) is 64.6 cm³/mol. The van der Waals surface area contributed by atoms with E-state index < -0.39 is 5.60 Å². The number of nitrogens with zero attached hydrogens (tertiary/aromatic N) is 1. The van der Waals surface area contributed by atoms with Crippen LogP contribution in [-0.2, 0) is 19.1 Å². The first kappa shape index (κ1) is 14.5. The molecule has 0 aromatic carbocycles. The van der Waals surface area contributed by atoms with E-state index in [9.17, 15) is 14.4 Å². The molecule has 1 heterocycles. The third-order valence-electron chi connectivity index (χ3n) is 2.59. The number of amides is 2. The highest BCUT2D eigenvalue weighted by atomic mass is 16.6. The summed E-state index contributed by atoms with van der Waals surface area (Å²) in [4.78, 5) is 35.6. The Labute approximate surface area is 107 Å². The number of hydrogen-bond acceptors (Lipinski definition) is 4. The third-order valence-corrected chi connectivity index (χ3v) is 2.59. The quantitative estimate of drug-likeness (QED) is 0.570. The Morgan fingerprint density at radius 1 is 1.44 bits per heavy atom. The van der Waals surface area contributed by atoms with Crippen LogP contribution in [0.4, 0.5) is 0 Å². The second kappa shape index (κ2) is 5.37. The molecule has 1 N–H and O–H groups in total. The van der Waals surface area contributed by atoms with Crippen LogP contribution < -0.4 is 5.32 Å². The van der Waals surface area contributed by atoms with Gasteiger partial charge in [0.1, 0.15) is 5.60 Å². The van der Waals surface area contributed by atoms with Crippen LogP contribution in [0.15, 0.2) is 0 Å². The van der Waals surface area contributed by atoms with E-state index in [4.69, 9.17) is 4.74 Å². The molecule has 1 atom stereocenters. The van der Waals surface area contributed by atoms with Gasteiger partial charge >= 0.3 is 5.97 Å². The maximum Gasteiger partial charge on any atom is 0.308 e. The van der Waals surface area contributed by atoms with Gasteiger partial charge in [0.05, 0.1) is 19.0 Å². The highest BCUT2D eigenvalue weighted by molar-refractivity contribution is 5.90. The number of esters is 1. The summed E-state index contributed by atoms with van der Waals surface area (Å²) in [5, 5.41) is 2.45. The molecule has 1 saturated heterocycles. The van der Waals surface area contributed by atoms with Gasteiger partial charge in [0.2, 0.25) is 11.8 Å². The Morgan fingerprint density at radius 2 is 2.06 bits per heavy atom. The summed E-state index contributed by atoms with van der Waals surface area (Å²) >= 11 is 0. The highest BCUT2D eigenvalue weighted by Gasteiger charge is 2.39. The van der Waals surface area contributed by atoms with E-state index in [0.29, 0.717) is 6.42 Å². The van der Waals surface area contributed by atoms with Crippen LogP contribution in [-0.4, -0.2) is 47.9 Å². The molecule has 102 valence electrons. The number of rotatable bonds is 4. The molecule has 2 amide bonds. The van der Waals surface area contributed by atoms with Crippen LogP contribution in [0.2, 0.25) is 0 Å². The molecule has 0 aromatic rings. The summed E-state index contributed by atoms with van der Waals surface area (Å²) in [6.07, 6.45) is 0.441. The van der Waals surface area contributed by atoms with Gasteiger partial charge in [0.15, 0.2) is 0 Å². The minimum absolute atomic E-state index is 0.00278. The molecule has 0 saturated carbocycles. The monoisotopic (exact) mass is 256 g/mol. The second-order valence-corrected chi connectivity index (χ2v) is 5.34. The number of β-lactam (4-membered cyclic amide) rings is 1. The van der Waals surface area contributed by atoms with Crippen LogP contribution in [0, 0.1) is 0 Å². The van der Waals surface area contributed by atoms with Crippen LogP contribution in [0.25, 0.3) is 0 Å². The minimum Gasteiger partial charge on any atom is -0.460 e. The third kappa shape index (κ3) is 4.01. The summed E-state index contributed by atoms with van der Waals surface area (Å²) in [5.41, 5.74) is -0.531. The lowest BCUT2D eigenvalue weighted by atomic mass is 9.98. The number of likely N-dealkylation sites (N-methyl/N-ethyl adjacent to an activating group) is 1. The van der Waals surface area contributed by atoms with Crippen molar-refractivity contribution >= 4 is 17.8 Å².